The van der Waals surface area contributed by atoms with Gasteiger partial charge in [-0.1, -0.05) is 125 Å². The average molecular weight is 671 g/mol. The van der Waals surface area contributed by atoms with Crippen molar-refractivity contribution in [2.24, 2.45) is 10.8 Å². The van der Waals surface area contributed by atoms with E-state index in [2.05, 4.69) is 44.5 Å². The highest BCUT2D eigenvalue weighted by Crippen LogP contribution is 2.51. The third kappa shape index (κ3) is 7.08. The predicted molar refractivity (Wildman–Crippen MR) is 205 cm³/mol. The summed E-state index contributed by atoms with van der Waals surface area (Å²) in [6, 6.07) is 25.0. The smallest absolute Gasteiger partial charge is 0.416 e. The third-order valence-electron chi connectivity index (χ3n) is 9.25. The second-order valence-corrected chi connectivity index (χ2v) is 14.3. The Labute approximate surface area is 292 Å². The molecule has 0 bridgehead atoms. The Morgan fingerprint density at radius 1 is 0.918 bits per heavy atom. The van der Waals surface area contributed by atoms with Gasteiger partial charge in [-0.25, -0.2) is 14.5 Å². The Balaban J connectivity index is 1.43. The van der Waals surface area contributed by atoms with Crippen LogP contribution in [-0.4, -0.2) is 22.4 Å². The van der Waals surface area contributed by atoms with Crippen LogP contribution in [0, 0.1) is 10.8 Å². The second kappa shape index (κ2) is 14.0. The minimum absolute atomic E-state index is 0.332. The first-order chi connectivity index (χ1) is 23.2. The van der Waals surface area contributed by atoms with Gasteiger partial charge >= 0.3 is 12.2 Å². The molecule has 3 aromatic carbocycles. The highest BCUT2D eigenvalue weighted by atomic mass is 32.1. The standard InChI is InChI=1S/C42H42N2O4S/c1-27(15-14-25-41(4,5)28(2)30-16-8-9-17-32(30)33-18-10-12-20-35(33)43-39(45)46)22-23-37-42(6,7)29(3)31-24-26-49-38(31)34-19-11-13-21-36(34)44(37)40(47)48/h8-24,26,43H,2-3,25H2,1,4-7H3,(H,45,46)(H,47,48)/b15-14+,27-22+,37-23-. The van der Waals surface area contributed by atoms with Gasteiger partial charge in [0.05, 0.1) is 11.4 Å². The van der Waals surface area contributed by atoms with Gasteiger partial charge < -0.3 is 10.2 Å². The van der Waals surface area contributed by atoms with E-state index in [0.29, 0.717) is 23.5 Å². The fourth-order valence-electron chi connectivity index (χ4n) is 6.22. The third-order valence-corrected chi connectivity index (χ3v) is 10.2. The molecular weight excluding hydrogens is 629 g/mol. The number of allylic oxidation sites excluding steroid dienone is 7. The van der Waals surface area contributed by atoms with Gasteiger partial charge in [-0.3, -0.25) is 5.32 Å². The maximum Gasteiger partial charge on any atom is 0.416 e. The number of carboxylic acid groups (broad SMARTS) is 2. The molecular formula is C42H42N2O4S. The summed E-state index contributed by atoms with van der Waals surface area (Å²) in [5.41, 5.74) is 8.02. The number of rotatable bonds is 8. The highest BCUT2D eigenvalue weighted by molar-refractivity contribution is 7.14. The summed E-state index contributed by atoms with van der Waals surface area (Å²) in [6.45, 7) is 19.3. The Morgan fingerprint density at radius 2 is 1.55 bits per heavy atom. The van der Waals surface area contributed by atoms with E-state index >= 15 is 0 Å². The summed E-state index contributed by atoms with van der Waals surface area (Å²) in [6.07, 6.45) is 6.54. The van der Waals surface area contributed by atoms with Crippen LogP contribution in [0.1, 0.15) is 52.2 Å². The van der Waals surface area contributed by atoms with Gasteiger partial charge in [0, 0.05) is 27.1 Å². The number of fused-ring (bicyclic) bond motifs is 3. The van der Waals surface area contributed by atoms with E-state index < -0.39 is 17.6 Å². The SMILES string of the molecule is C=C(c1ccccc1-c1ccccc1NC(=O)O)C(C)(C)C/C=C/C(C)=C/C=C1\N(C(=O)O)c2ccccc2-c2sccc2C(=C)C1(C)C. The summed E-state index contributed by atoms with van der Waals surface area (Å²) in [4.78, 5) is 26.8. The zero-order valence-electron chi connectivity index (χ0n) is 28.6. The number of hydrogen-bond acceptors (Lipinski definition) is 3. The van der Waals surface area contributed by atoms with E-state index in [1.54, 1.807) is 23.5 Å². The molecule has 5 rings (SSSR count). The van der Waals surface area contributed by atoms with Crippen molar-refractivity contribution in [1.29, 1.82) is 0 Å². The molecule has 0 spiro atoms. The zero-order valence-corrected chi connectivity index (χ0v) is 29.4. The van der Waals surface area contributed by atoms with Crippen LogP contribution >= 0.6 is 11.3 Å². The molecule has 0 radical (unpaired) electrons. The zero-order chi connectivity index (χ0) is 35.5. The molecule has 0 atom stereocenters. The van der Waals surface area contributed by atoms with Gasteiger partial charge in [-0.2, -0.15) is 0 Å². The van der Waals surface area contributed by atoms with E-state index in [1.165, 1.54) is 4.90 Å². The molecule has 0 unspecified atom stereocenters. The maximum absolute atomic E-state index is 12.9. The summed E-state index contributed by atoms with van der Waals surface area (Å²) < 4.78 is 0. The molecule has 4 aromatic rings. The summed E-state index contributed by atoms with van der Waals surface area (Å²) in [5.74, 6) is 0. The number of amides is 2. The lowest BCUT2D eigenvalue weighted by molar-refractivity contribution is 0.202. The molecule has 0 saturated carbocycles. The largest absolute Gasteiger partial charge is 0.465 e. The molecule has 49 heavy (non-hydrogen) atoms. The van der Waals surface area contributed by atoms with E-state index in [1.807, 2.05) is 105 Å². The number of nitrogens with one attached hydrogen (secondary N) is 1. The van der Waals surface area contributed by atoms with Crippen molar-refractivity contribution >= 4 is 46.0 Å². The van der Waals surface area contributed by atoms with Crippen molar-refractivity contribution in [2.75, 3.05) is 10.2 Å². The molecule has 250 valence electrons. The van der Waals surface area contributed by atoms with Crippen LogP contribution in [0.25, 0.3) is 32.7 Å². The van der Waals surface area contributed by atoms with Crippen LogP contribution in [0.5, 0.6) is 0 Å². The Hall–Kier alpha value is -5.40. The number of hydrogen-bond donors (Lipinski definition) is 3. The number of benzene rings is 3. The van der Waals surface area contributed by atoms with Crippen LogP contribution in [0.4, 0.5) is 21.0 Å². The molecule has 6 nitrogen and oxygen atoms in total. The number of nitrogens with zero attached hydrogens (tertiary/aromatic N) is 1. The van der Waals surface area contributed by atoms with Crippen LogP contribution < -0.4 is 10.2 Å². The second-order valence-electron chi connectivity index (χ2n) is 13.4. The van der Waals surface area contributed by atoms with E-state index in [-0.39, 0.29) is 5.41 Å². The lowest BCUT2D eigenvalue weighted by atomic mass is 9.75. The highest BCUT2D eigenvalue weighted by Gasteiger charge is 2.39. The summed E-state index contributed by atoms with van der Waals surface area (Å²) in [5, 5.41) is 24.5. The summed E-state index contributed by atoms with van der Waals surface area (Å²) in [7, 11) is 0. The van der Waals surface area contributed by atoms with Gasteiger partial charge in [-0.05, 0) is 76.3 Å². The maximum atomic E-state index is 12.9. The number of thiophene rings is 1. The number of anilines is 2. The molecule has 3 N–H and O–H groups in total. The van der Waals surface area contributed by atoms with Gasteiger partial charge in [0.15, 0.2) is 0 Å². The van der Waals surface area contributed by atoms with Crippen LogP contribution in [0.2, 0.25) is 0 Å². The van der Waals surface area contributed by atoms with E-state index in [9.17, 15) is 19.8 Å². The lowest BCUT2D eigenvalue weighted by Crippen LogP contribution is -2.37. The fourth-order valence-corrected chi connectivity index (χ4v) is 7.18. The van der Waals surface area contributed by atoms with Crippen molar-refractivity contribution in [2.45, 2.75) is 41.0 Å². The van der Waals surface area contributed by atoms with Gasteiger partial charge in [0.2, 0.25) is 0 Å². The Kier molecular flexibility index (Phi) is 9.97. The number of para-hydroxylation sites is 2. The van der Waals surface area contributed by atoms with Crippen molar-refractivity contribution in [1.82, 2.24) is 0 Å². The molecule has 1 aliphatic rings. The van der Waals surface area contributed by atoms with Crippen molar-refractivity contribution < 1.29 is 19.8 Å². The Morgan fingerprint density at radius 3 is 2.24 bits per heavy atom. The fraction of sp³-hybridized carbons (Fsp3) is 0.190. The molecule has 0 saturated heterocycles. The van der Waals surface area contributed by atoms with Gasteiger partial charge in [-0.15, -0.1) is 11.3 Å². The lowest BCUT2D eigenvalue weighted by Gasteiger charge is -2.39. The average Bonchev–Trinajstić information content (AvgIpc) is 3.55. The summed E-state index contributed by atoms with van der Waals surface area (Å²) >= 11 is 1.59. The molecule has 7 heteroatoms. The minimum atomic E-state index is -1.12. The molecule has 1 aliphatic heterocycles. The normalized spacial score (nSPS) is 15.4. The number of carbonyl (C=O) groups is 2. The van der Waals surface area contributed by atoms with Gasteiger partial charge in [0.1, 0.15) is 0 Å². The van der Waals surface area contributed by atoms with Crippen molar-refractivity contribution in [3.05, 3.63) is 144 Å². The molecule has 0 aliphatic carbocycles. The van der Waals surface area contributed by atoms with Crippen LogP contribution in [0.3, 0.4) is 0 Å². The van der Waals surface area contributed by atoms with Crippen LogP contribution in [-0.2, 0) is 0 Å². The quantitative estimate of drug-likeness (QED) is 0.163. The first kappa shape index (κ1) is 34.9. The topological polar surface area (TPSA) is 89.9 Å². The minimum Gasteiger partial charge on any atom is -0.465 e. The van der Waals surface area contributed by atoms with E-state index in [4.69, 9.17) is 0 Å². The molecule has 1 aromatic heterocycles. The van der Waals surface area contributed by atoms with Crippen LogP contribution in [0.15, 0.2) is 133 Å². The predicted octanol–water partition coefficient (Wildman–Crippen LogP) is 12.2. The first-order valence-corrected chi connectivity index (χ1v) is 17.0. The van der Waals surface area contributed by atoms with Gasteiger partial charge in [0.25, 0.3) is 0 Å². The molecule has 0 fully saturated rings. The Bertz CT molecular complexity index is 2040. The molecule has 2 amide bonds. The van der Waals surface area contributed by atoms with E-state index in [0.717, 1.165) is 49.4 Å². The van der Waals surface area contributed by atoms with Crippen molar-refractivity contribution in [3.63, 3.8) is 0 Å². The molecule has 2 heterocycles. The monoisotopic (exact) mass is 670 g/mol. The van der Waals surface area contributed by atoms with Crippen molar-refractivity contribution in [3.8, 4) is 21.6 Å². The first-order valence-electron chi connectivity index (χ1n) is 16.1.